The minimum Gasteiger partial charge on any atom is -0.395 e. The molecule has 1 amide bonds. The van der Waals surface area contributed by atoms with Crippen molar-refractivity contribution in [3.8, 4) is 0 Å². The number of amides is 1. The number of hydrogen-bond donors (Lipinski definition) is 1. The smallest absolute Gasteiger partial charge is 0.222 e. The van der Waals surface area contributed by atoms with Crippen LogP contribution in [0, 0.1) is 5.92 Å². The van der Waals surface area contributed by atoms with Crippen molar-refractivity contribution in [2.75, 3.05) is 20.2 Å². The number of aliphatic hydroxyl groups is 1. The number of nitrogens with zero attached hydrogens (tertiary/aromatic N) is 1. The Labute approximate surface area is 80.7 Å². The summed E-state index contributed by atoms with van der Waals surface area (Å²) in [5.74, 6) is 0.636. The molecule has 0 aromatic rings. The first-order valence-electron chi connectivity index (χ1n) is 5.00. The van der Waals surface area contributed by atoms with Crippen LogP contribution in [0.3, 0.4) is 0 Å². The molecule has 13 heavy (non-hydrogen) atoms. The zero-order chi connectivity index (χ0) is 10.3. The molecule has 0 saturated carbocycles. The van der Waals surface area contributed by atoms with Crippen LogP contribution < -0.4 is 0 Å². The Morgan fingerprint density at radius 1 is 1.38 bits per heavy atom. The highest BCUT2D eigenvalue weighted by molar-refractivity contribution is 5.76. The predicted octanol–water partition coefficient (Wildman–Crippen LogP) is 1.26. The van der Waals surface area contributed by atoms with Crippen molar-refractivity contribution < 1.29 is 9.90 Å². The quantitative estimate of drug-likeness (QED) is 0.680. The van der Waals surface area contributed by atoms with Crippen molar-refractivity contribution in [2.45, 2.75) is 33.1 Å². The fourth-order valence-corrected chi connectivity index (χ4v) is 1.25. The number of aliphatic hydroxyl groups excluding tert-OH is 1. The van der Waals surface area contributed by atoms with Gasteiger partial charge in [-0.15, -0.1) is 0 Å². The van der Waals surface area contributed by atoms with Crippen molar-refractivity contribution in [2.24, 2.45) is 5.92 Å². The second-order valence-electron chi connectivity index (χ2n) is 3.43. The highest BCUT2D eigenvalue weighted by Gasteiger charge is 2.13. The van der Waals surface area contributed by atoms with E-state index in [-0.39, 0.29) is 12.5 Å². The first-order chi connectivity index (χ1) is 6.15. The molecular weight excluding hydrogens is 166 g/mol. The molecule has 0 rings (SSSR count). The highest BCUT2D eigenvalue weighted by atomic mass is 16.3. The second-order valence-corrected chi connectivity index (χ2v) is 3.43. The first-order valence-corrected chi connectivity index (χ1v) is 5.00. The molecule has 0 fully saturated rings. The first kappa shape index (κ1) is 12.4. The van der Waals surface area contributed by atoms with Gasteiger partial charge in [0.15, 0.2) is 0 Å². The number of carbonyl (C=O) groups is 1. The van der Waals surface area contributed by atoms with Gasteiger partial charge in [-0.3, -0.25) is 4.79 Å². The molecule has 0 aromatic carbocycles. The lowest BCUT2D eigenvalue weighted by Crippen LogP contribution is -2.30. The lowest BCUT2D eigenvalue weighted by Gasteiger charge is -2.19. The van der Waals surface area contributed by atoms with Crippen LogP contribution in [0.5, 0.6) is 0 Å². The summed E-state index contributed by atoms with van der Waals surface area (Å²) >= 11 is 0. The van der Waals surface area contributed by atoms with E-state index in [2.05, 4.69) is 13.8 Å². The maximum atomic E-state index is 11.5. The molecule has 0 bridgehead atoms. The van der Waals surface area contributed by atoms with Gasteiger partial charge >= 0.3 is 0 Å². The third kappa shape index (κ3) is 4.88. The van der Waals surface area contributed by atoms with Gasteiger partial charge in [0.05, 0.1) is 6.61 Å². The SMILES string of the molecule is CCC(CC)CC(=O)N(C)CCO. The Morgan fingerprint density at radius 3 is 2.31 bits per heavy atom. The maximum Gasteiger partial charge on any atom is 0.222 e. The molecule has 0 unspecified atom stereocenters. The molecule has 0 saturated heterocycles. The van der Waals surface area contributed by atoms with Crippen LogP contribution >= 0.6 is 0 Å². The van der Waals surface area contributed by atoms with Crippen LogP contribution in [0.4, 0.5) is 0 Å². The molecular formula is C10H21NO2. The zero-order valence-corrected chi connectivity index (χ0v) is 8.92. The van der Waals surface area contributed by atoms with E-state index in [0.717, 1.165) is 12.8 Å². The minimum atomic E-state index is 0.0468. The monoisotopic (exact) mass is 187 g/mol. The van der Waals surface area contributed by atoms with E-state index < -0.39 is 0 Å². The largest absolute Gasteiger partial charge is 0.395 e. The van der Waals surface area contributed by atoms with E-state index in [0.29, 0.717) is 18.9 Å². The second kappa shape index (κ2) is 6.89. The van der Waals surface area contributed by atoms with Crippen LogP contribution in [-0.4, -0.2) is 36.1 Å². The summed E-state index contributed by atoms with van der Waals surface area (Å²) in [5.41, 5.74) is 0. The van der Waals surface area contributed by atoms with Crippen molar-refractivity contribution >= 4 is 5.91 Å². The molecule has 0 atom stereocenters. The summed E-state index contributed by atoms with van der Waals surface area (Å²) < 4.78 is 0. The molecule has 3 heteroatoms. The Kier molecular flexibility index (Phi) is 6.59. The summed E-state index contributed by atoms with van der Waals surface area (Å²) in [5, 5.41) is 8.64. The van der Waals surface area contributed by atoms with E-state index in [1.807, 2.05) is 0 Å². The van der Waals surface area contributed by atoms with Gasteiger partial charge < -0.3 is 10.0 Å². The molecule has 0 aliphatic rings. The van der Waals surface area contributed by atoms with E-state index in [1.165, 1.54) is 0 Å². The van der Waals surface area contributed by atoms with E-state index in [1.54, 1.807) is 11.9 Å². The minimum absolute atomic E-state index is 0.0468. The van der Waals surface area contributed by atoms with Crippen LogP contribution in [-0.2, 0) is 4.79 Å². The summed E-state index contributed by atoms with van der Waals surface area (Å²) in [6.45, 7) is 4.70. The van der Waals surface area contributed by atoms with Gasteiger partial charge in [-0.25, -0.2) is 0 Å². The Bertz CT molecular complexity index is 144. The van der Waals surface area contributed by atoms with E-state index >= 15 is 0 Å². The van der Waals surface area contributed by atoms with E-state index in [9.17, 15) is 4.79 Å². The summed E-state index contributed by atoms with van der Waals surface area (Å²) in [6, 6.07) is 0. The predicted molar refractivity (Wildman–Crippen MR) is 53.4 cm³/mol. The van der Waals surface area contributed by atoms with Gasteiger partial charge in [0, 0.05) is 20.0 Å². The van der Waals surface area contributed by atoms with Crippen LogP contribution in [0.1, 0.15) is 33.1 Å². The molecule has 0 aliphatic heterocycles. The van der Waals surface area contributed by atoms with Gasteiger partial charge in [0.25, 0.3) is 0 Å². The van der Waals surface area contributed by atoms with Crippen molar-refractivity contribution in [3.63, 3.8) is 0 Å². The lowest BCUT2D eigenvalue weighted by atomic mass is 9.99. The number of carbonyl (C=O) groups excluding carboxylic acids is 1. The molecule has 0 aliphatic carbocycles. The zero-order valence-electron chi connectivity index (χ0n) is 8.92. The molecule has 0 heterocycles. The average Bonchev–Trinajstić information content (AvgIpc) is 2.14. The van der Waals surface area contributed by atoms with Crippen LogP contribution in [0.2, 0.25) is 0 Å². The standard InChI is InChI=1S/C10H21NO2/c1-4-9(5-2)8-10(13)11(3)6-7-12/h9,12H,4-8H2,1-3H3. The van der Waals surface area contributed by atoms with Gasteiger partial charge in [-0.1, -0.05) is 26.7 Å². The number of likely N-dealkylation sites (N-methyl/N-ethyl adjacent to an activating group) is 1. The topological polar surface area (TPSA) is 40.5 Å². The number of hydrogen-bond acceptors (Lipinski definition) is 2. The average molecular weight is 187 g/mol. The molecule has 0 aromatic heterocycles. The van der Waals surface area contributed by atoms with Crippen molar-refractivity contribution in [1.82, 2.24) is 4.90 Å². The summed E-state index contributed by atoms with van der Waals surface area (Å²) in [6.07, 6.45) is 2.72. The molecule has 0 spiro atoms. The third-order valence-corrected chi connectivity index (χ3v) is 2.48. The van der Waals surface area contributed by atoms with Gasteiger partial charge in [-0.05, 0) is 5.92 Å². The fourth-order valence-electron chi connectivity index (χ4n) is 1.25. The highest BCUT2D eigenvalue weighted by Crippen LogP contribution is 2.13. The van der Waals surface area contributed by atoms with Crippen molar-refractivity contribution in [1.29, 1.82) is 0 Å². The maximum absolute atomic E-state index is 11.5. The third-order valence-electron chi connectivity index (χ3n) is 2.48. The Hall–Kier alpha value is -0.570. The van der Waals surface area contributed by atoms with Gasteiger partial charge in [0.2, 0.25) is 5.91 Å². The lowest BCUT2D eigenvalue weighted by molar-refractivity contribution is -0.131. The fraction of sp³-hybridized carbons (Fsp3) is 0.900. The van der Waals surface area contributed by atoms with Gasteiger partial charge in [0.1, 0.15) is 0 Å². The summed E-state index contributed by atoms with van der Waals surface area (Å²) in [4.78, 5) is 13.1. The number of rotatable bonds is 6. The molecule has 3 nitrogen and oxygen atoms in total. The van der Waals surface area contributed by atoms with Crippen molar-refractivity contribution in [3.05, 3.63) is 0 Å². The Morgan fingerprint density at radius 2 is 1.92 bits per heavy atom. The molecule has 1 N–H and O–H groups in total. The van der Waals surface area contributed by atoms with Crippen LogP contribution in [0.25, 0.3) is 0 Å². The van der Waals surface area contributed by atoms with Gasteiger partial charge in [-0.2, -0.15) is 0 Å². The molecule has 78 valence electrons. The Balaban J connectivity index is 3.83. The normalized spacial score (nSPS) is 10.5. The molecule has 0 radical (unpaired) electrons. The van der Waals surface area contributed by atoms with E-state index in [4.69, 9.17) is 5.11 Å². The van der Waals surface area contributed by atoms with Crippen LogP contribution in [0.15, 0.2) is 0 Å². The summed E-state index contributed by atoms with van der Waals surface area (Å²) in [7, 11) is 1.74.